The van der Waals surface area contributed by atoms with Crippen LogP contribution in [0.4, 0.5) is 0 Å². The van der Waals surface area contributed by atoms with Gasteiger partial charge in [-0.15, -0.1) is 0 Å². The van der Waals surface area contributed by atoms with Crippen LogP contribution in [0.2, 0.25) is 0 Å². The van der Waals surface area contributed by atoms with Gasteiger partial charge >= 0.3 is 0 Å². The fraction of sp³-hybridized carbons (Fsp3) is 1.00. The minimum atomic E-state index is 0.862. The van der Waals surface area contributed by atoms with Gasteiger partial charge in [-0.3, -0.25) is 0 Å². The Balaban J connectivity index is 2.29. The summed E-state index contributed by atoms with van der Waals surface area (Å²) in [7, 11) is 2.27. The van der Waals surface area contributed by atoms with Crippen molar-refractivity contribution in [1.29, 1.82) is 0 Å². The molecule has 0 radical (unpaired) electrons. The molecule has 0 aliphatic carbocycles. The Kier molecular flexibility index (Phi) is 3.38. The van der Waals surface area contributed by atoms with Crippen molar-refractivity contribution < 1.29 is 0 Å². The van der Waals surface area contributed by atoms with Crippen LogP contribution in [0.15, 0.2) is 0 Å². The molecule has 1 aliphatic heterocycles. The summed E-state index contributed by atoms with van der Waals surface area (Å²) in [5.41, 5.74) is 0. The summed E-state index contributed by atoms with van der Waals surface area (Å²) in [5.74, 6) is 0.862. The Morgan fingerprint density at radius 2 is 2.09 bits per heavy atom. The summed E-state index contributed by atoms with van der Waals surface area (Å²) < 4.78 is 0. The Labute approximate surface area is 70.8 Å². The van der Waals surface area contributed by atoms with Crippen LogP contribution >= 0.6 is 0 Å². The average molecular weight is 155 g/mol. The number of hydrogen-bond donors (Lipinski definition) is 0. The molecule has 0 saturated carbocycles. The quantitative estimate of drug-likeness (QED) is 0.592. The van der Waals surface area contributed by atoms with E-state index in [2.05, 4.69) is 25.8 Å². The highest BCUT2D eigenvalue weighted by Gasteiger charge is 2.18. The van der Waals surface area contributed by atoms with Crippen LogP contribution in [0, 0.1) is 5.92 Å². The summed E-state index contributed by atoms with van der Waals surface area (Å²) in [4.78, 5) is 2.53. The Morgan fingerprint density at radius 1 is 1.36 bits per heavy atom. The van der Waals surface area contributed by atoms with E-state index in [1.165, 1.54) is 32.2 Å². The molecule has 0 N–H and O–H groups in total. The second-order valence-electron chi connectivity index (χ2n) is 4.26. The number of likely N-dealkylation sites (tertiary alicyclic amines) is 1. The van der Waals surface area contributed by atoms with Crippen LogP contribution in [0.3, 0.4) is 0 Å². The molecule has 1 aliphatic rings. The van der Waals surface area contributed by atoms with Crippen LogP contribution in [0.1, 0.15) is 39.5 Å². The number of nitrogens with zero attached hydrogens (tertiary/aromatic N) is 1. The molecule has 0 aromatic heterocycles. The molecular weight excluding hydrogens is 134 g/mol. The van der Waals surface area contributed by atoms with Crippen molar-refractivity contribution in [2.75, 3.05) is 13.6 Å². The van der Waals surface area contributed by atoms with E-state index < -0.39 is 0 Å². The van der Waals surface area contributed by atoms with Crippen molar-refractivity contribution >= 4 is 0 Å². The van der Waals surface area contributed by atoms with Gasteiger partial charge in [0.1, 0.15) is 0 Å². The highest BCUT2D eigenvalue weighted by molar-refractivity contribution is 4.74. The third-order valence-electron chi connectivity index (χ3n) is 2.66. The largest absolute Gasteiger partial charge is 0.303 e. The number of rotatable bonds is 2. The molecule has 0 amide bonds. The van der Waals surface area contributed by atoms with Gasteiger partial charge in [0.25, 0.3) is 0 Å². The van der Waals surface area contributed by atoms with Gasteiger partial charge in [0.15, 0.2) is 0 Å². The minimum absolute atomic E-state index is 0.862. The first-order valence-electron chi connectivity index (χ1n) is 4.90. The molecule has 0 aromatic rings. The Bertz CT molecular complexity index is 109. The first-order chi connectivity index (χ1) is 5.20. The van der Waals surface area contributed by atoms with Gasteiger partial charge in [-0.1, -0.05) is 20.3 Å². The zero-order valence-electron chi connectivity index (χ0n) is 8.14. The maximum atomic E-state index is 2.53. The maximum Gasteiger partial charge on any atom is 0.00946 e. The van der Waals surface area contributed by atoms with Crippen LogP contribution in [-0.4, -0.2) is 24.5 Å². The van der Waals surface area contributed by atoms with Gasteiger partial charge in [-0.05, 0) is 38.8 Å². The summed E-state index contributed by atoms with van der Waals surface area (Å²) in [6.45, 7) is 5.96. The highest BCUT2D eigenvalue weighted by Crippen LogP contribution is 2.20. The predicted octanol–water partition coefficient (Wildman–Crippen LogP) is 2.52. The van der Waals surface area contributed by atoms with E-state index in [-0.39, 0.29) is 0 Å². The zero-order valence-corrected chi connectivity index (χ0v) is 8.14. The average Bonchev–Trinajstić information content (AvgIpc) is 1.93. The summed E-state index contributed by atoms with van der Waals surface area (Å²) in [5, 5.41) is 0. The molecule has 0 unspecified atom stereocenters. The van der Waals surface area contributed by atoms with E-state index >= 15 is 0 Å². The molecule has 1 heteroatoms. The monoisotopic (exact) mass is 155 g/mol. The summed E-state index contributed by atoms with van der Waals surface area (Å²) >= 11 is 0. The van der Waals surface area contributed by atoms with E-state index in [0.29, 0.717) is 0 Å². The Hall–Kier alpha value is -0.0400. The van der Waals surface area contributed by atoms with Crippen LogP contribution < -0.4 is 0 Å². The molecule has 0 bridgehead atoms. The van der Waals surface area contributed by atoms with Crippen LogP contribution in [0.25, 0.3) is 0 Å². The van der Waals surface area contributed by atoms with Crippen molar-refractivity contribution in [3.63, 3.8) is 0 Å². The standard InChI is InChI=1S/C10H21N/c1-9(2)8-10-6-4-5-7-11(10)3/h9-10H,4-8H2,1-3H3/t10-/m0/s1. The first-order valence-corrected chi connectivity index (χ1v) is 4.90. The van der Waals surface area contributed by atoms with E-state index in [4.69, 9.17) is 0 Å². The topological polar surface area (TPSA) is 3.24 Å². The molecule has 1 nitrogen and oxygen atoms in total. The van der Waals surface area contributed by atoms with E-state index in [0.717, 1.165) is 12.0 Å². The van der Waals surface area contributed by atoms with Crippen molar-refractivity contribution in [3.8, 4) is 0 Å². The fourth-order valence-electron chi connectivity index (χ4n) is 1.99. The summed E-state index contributed by atoms with van der Waals surface area (Å²) in [6, 6.07) is 0.878. The molecule has 11 heavy (non-hydrogen) atoms. The van der Waals surface area contributed by atoms with Crippen LogP contribution in [0.5, 0.6) is 0 Å². The molecule has 1 rings (SSSR count). The normalized spacial score (nSPS) is 27.8. The maximum absolute atomic E-state index is 2.53. The molecule has 0 spiro atoms. The fourth-order valence-corrected chi connectivity index (χ4v) is 1.99. The lowest BCUT2D eigenvalue weighted by Gasteiger charge is -2.33. The molecule has 0 aromatic carbocycles. The van der Waals surface area contributed by atoms with E-state index in [1.807, 2.05) is 0 Å². The van der Waals surface area contributed by atoms with Gasteiger partial charge in [0.2, 0.25) is 0 Å². The van der Waals surface area contributed by atoms with Crippen molar-refractivity contribution in [1.82, 2.24) is 4.90 Å². The molecule has 1 fully saturated rings. The second-order valence-corrected chi connectivity index (χ2v) is 4.26. The third kappa shape index (κ3) is 2.82. The lowest BCUT2D eigenvalue weighted by molar-refractivity contribution is 0.163. The van der Waals surface area contributed by atoms with Crippen LogP contribution in [-0.2, 0) is 0 Å². The number of piperidine rings is 1. The Morgan fingerprint density at radius 3 is 2.64 bits per heavy atom. The molecule has 1 saturated heterocycles. The first kappa shape index (κ1) is 9.05. The third-order valence-corrected chi connectivity index (χ3v) is 2.66. The molecular formula is C10H21N. The van der Waals surface area contributed by atoms with Gasteiger partial charge in [-0.2, -0.15) is 0 Å². The van der Waals surface area contributed by atoms with E-state index in [9.17, 15) is 0 Å². The summed E-state index contributed by atoms with van der Waals surface area (Å²) in [6.07, 6.45) is 5.66. The zero-order chi connectivity index (χ0) is 8.27. The molecule has 1 heterocycles. The van der Waals surface area contributed by atoms with Gasteiger partial charge in [0, 0.05) is 6.04 Å². The lowest BCUT2D eigenvalue weighted by atomic mass is 9.95. The molecule has 1 atom stereocenters. The minimum Gasteiger partial charge on any atom is -0.303 e. The number of hydrogen-bond acceptors (Lipinski definition) is 1. The van der Waals surface area contributed by atoms with Crippen molar-refractivity contribution in [2.45, 2.75) is 45.6 Å². The van der Waals surface area contributed by atoms with Crippen molar-refractivity contribution in [3.05, 3.63) is 0 Å². The molecule has 66 valence electrons. The predicted molar refractivity (Wildman–Crippen MR) is 49.7 cm³/mol. The van der Waals surface area contributed by atoms with Gasteiger partial charge in [-0.25, -0.2) is 0 Å². The highest BCUT2D eigenvalue weighted by atomic mass is 15.1. The lowest BCUT2D eigenvalue weighted by Crippen LogP contribution is -2.36. The van der Waals surface area contributed by atoms with Gasteiger partial charge in [0.05, 0.1) is 0 Å². The second kappa shape index (κ2) is 4.10. The van der Waals surface area contributed by atoms with Crippen molar-refractivity contribution in [2.24, 2.45) is 5.92 Å². The van der Waals surface area contributed by atoms with Gasteiger partial charge < -0.3 is 4.90 Å². The smallest absolute Gasteiger partial charge is 0.00946 e. The van der Waals surface area contributed by atoms with E-state index in [1.54, 1.807) is 0 Å². The SMILES string of the molecule is CC(C)C[C@@H]1CCCCN1C.